The van der Waals surface area contributed by atoms with E-state index in [1.54, 1.807) is 18.2 Å². The van der Waals surface area contributed by atoms with Crippen molar-refractivity contribution in [1.29, 1.82) is 0 Å². The van der Waals surface area contributed by atoms with Gasteiger partial charge in [0.1, 0.15) is 11.6 Å². The van der Waals surface area contributed by atoms with Crippen molar-refractivity contribution in [2.75, 3.05) is 36.1 Å². The molecule has 0 unspecified atom stereocenters. The summed E-state index contributed by atoms with van der Waals surface area (Å²) in [7, 11) is -4.19. The predicted octanol–water partition coefficient (Wildman–Crippen LogP) is 2.86. The fourth-order valence-corrected chi connectivity index (χ4v) is 5.97. The van der Waals surface area contributed by atoms with Crippen molar-refractivity contribution in [3.05, 3.63) is 64.9 Å². The molecule has 3 heterocycles. The highest BCUT2D eigenvalue weighted by Crippen LogP contribution is 2.30. The topological polar surface area (TPSA) is 142 Å². The van der Waals surface area contributed by atoms with E-state index in [-0.39, 0.29) is 31.4 Å². The van der Waals surface area contributed by atoms with Crippen LogP contribution < -0.4 is 16.4 Å². The van der Waals surface area contributed by atoms with E-state index in [4.69, 9.17) is 10.5 Å². The number of nitrogens with two attached hydrogens (primary N) is 1. The predicted molar refractivity (Wildman–Crippen MR) is 133 cm³/mol. The van der Waals surface area contributed by atoms with Crippen molar-refractivity contribution in [3.63, 3.8) is 0 Å². The molecular formula is C24H26F2N6O4S. The molecule has 10 nitrogen and oxygen atoms in total. The standard InChI is InChI=1S/C24H26F2N6O4S/c25-14-9-15(26)11-18(10-14)37(34,35)32-6-3-21-20(13-32)23(31-30-21)29-24(33)19-2-1-16(27)12-22(19)28-17-4-7-36-8-5-17/h1-2,9-12,17,28H,3-8,13,27H2,(H2,29,30,31,33). The summed E-state index contributed by atoms with van der Waals surface area (Å²) in [6, 6.07) is 7.22. The van der Waals surface area contributed by atoms with Crippen LogP contribution in [0, 0.1) is 11.6 Å². The summed E-state index contributed by atoms with van der Waals surface area (Å²) in [6.07, 6.45) is 1.87. The van der Waals surface area contributed by atoms with Crippen LogP contribution >= 0.6 is 0 Å². The van der Waals surface area contributed by atoms with Crippen LogP contribution in [-0.2, 0) is 27.7 Å². The third kappa shape index (κ3) is 5.29. The number of halogens is 2. The molecule has 2 aromatic carbocycles. The molecule has 0 saturated carbocycles. The number of anilines is 3. The highest BCUT2D eigenvalue weighted by molar-refractivity contribution is 7.89. The smallest absolute Gasteiger partial charge is 0.258 e. The van der Waals surface area contributed by atoms with Gasteiger partial charge in [-0.05, 0) is 43.2 Å². The zero-order valence-corrected chi connectivity index (χ0v) is 20.6. The molecule has 13 heteroatoms. The summed E-state index contributed by atoms with van der Waals surface area (Å²) in [4.78, 5) is 12.8. The molecule has 5 rings (SSSR count). The Labute approximate surface area is 212 Å². The molecule has 3 aromatic rings. The Balaban J connectivity index is 1.37. The molecule has 1 amide bonds. The number of fused-ring (bicyclic) bond motifs is 1. The number of amides is 1. The average molecular weight is 533 g/mol. The molecule has 1 saturated heterocycles. The van der Waals surface area contributed by atoms with Gasteiger partial charge in [-0.25, -0.2) is 17.2 Å². The highest BCUT2D eigenvalue weighted by atomic mass is 32.2. The second-order valence-corrected chi connectivity index (χ2v) is 11.0. The maximum Gasteiger partial charge on any atom is 0.258 e. The van der Waals surface area contributed by atoms with Crippen LogP contribution in [0.25, 0.3) is 0 Å². The van der Waals surface area contributed by atoms with Crippen molar-refractivity contribution in [2.45, 2.75) is 36.7 Å². The number of carbonyl (C=O) groups excluding carboxylic acids is 1. The average Bonchev–Trinajstić information content (AvgIpc) is 3.26. The number of rotatable bonds is 6. The number of sulfonamides is 1. The Morgan fingerprint density at radius 2 is 1.86 bits per heavy atom. The minimum absolute atomic E-state index is 0.0835. The minimum Gasteiger partial charge on any atom is -0.399 e. The normalized spacial score (nSPS) is 16.8. The molecule has 5 N–H and O–H groups in total. The number of hydrogen-bond acceptors (Lipinski definition) is 7. The van der Waals surface area contributed by atoms with E-state index in [2.05, 4.69) is 20.8 Å². The molecule has 0 spiro atoms. The van der Waals surface area contributed by atoms with E-state index >= 15 is 0 Å². The summed E-state index contributed by atoms with van der Waals surface area (Å²) < 4.78 is 60.1. The van der Waals surface area contributed by atoms with Crippen LogP contribution in [0.15, 0.2) is 41.3 Å². The van der Waals surface area contributed by atoms with Crippen LogP contribution in [-0.4, -0.2) is 54.6 Å². The van der Waals surface area contributed by atoms with Crippen LogP contribution in [0.5, 0.6) is 0 Å². The summed E-state index contributed by atoms with van der Waals surface area (Å²) in [5.74, 6) is -2.24. The number of aromatic nitrogens is 2. The molecule has 0 aliphatic carbocycles. The van der Waals surface area contributed by atoms with Crippen molar-refractivity contribution in [3.8, 4) is 0 Å². The van der Waals surface area contributed by atoms with Gasteiger partial charge in [-0.2, -0.15) is 9.40 Å². The lowest BCUT2D eigenvalue weighted by atomic mass is 10.1. The fourth-order valence-electron chi connectivity index (χ4n) is 4.52. The van der Waals surface area contributed by atoms with Gasteiger partial charge in [0.05, 0.1) is 10.5 Å². The SMILES string of the molecule is Nc1ccc(C(=O)Nc2n[nH]c3c2CN(S(=O)(=O)c2cc(F)cc(F)c2)CC3)c(NC2CCOCC2)c1. The molecule has 1 fully saturated rings. The first kappa shape index (κ1) is 25.1. The van der Waals surface area contributed by atoms with E-state index in [9.17, 15) is 22.0 Å². The van der Waals surface area contributed by atoms with Gasteiger partial charge in [-0.1, -0.05) is 0 Å². The first-order valence-electron chi connectivity index (χ1n) is 11.8. The molecule has 0 bridgehead atoms. The third-order valence-corrected chi connectivity index (χ3v) is 8.30. The largest absolute Gasteiger partial charge is 0.399 e. The number of nitrogens with one attached hydrogen (secondary N) is 3. The fraction of sp³-hybridized carbons (Fsp3) is 0.333. The number of benzene rings is 2. The van der Waals surface area contributed by atoms with Gasteiger partial charge >= 0.3 is 0 Å². The van der Waals surface area contributed by atoms with E-state index in [0.717, 1.165) is 29.3 Å². The van der Waals surface area contributed by atoms with Gasteiger partial charge < -0.3 is 21.1 Å². The zero-order chi connectivity index (χ0) is 26.2. The second-order valence-electron chi connectivity index (χ2n) is 9.01. The molecule has 0 atom stereocenters. The molecule has 2 aliphatic rings. The summed E-state index contributed by atoms with van der Waals surface area (Å²) in [5.41, 5.74) is 8.54. The Morgan fingerprint density at radius 1 is 1.14 bits per heavy atom. The number of aromatic amines is 1. The Morgan fingerprint density at radius 3 is 2.59 bits per heavy atom. The molecule has 1 aromatic heterocycles. The van der Waals surface area contributed by atoms with Crippen LogP contribution in [0.3, 0.4) is 0 Å². The van der Waals surface area contributed by atoms with Crippen LogP contribution in [0.2, 0.25) is 0 Å². The highest BCUT2D eigenvalue weighted by Gasteiger charge is 2.32. The number of nitrogen functional groups attached to an aromatic ring is 1. The third-order valence-electron chi connectivity index (χ3n) is 6.47. The van der Waals surface area contributed by atoms with E-state index in [0.29, 0.717) is 47.5 Å². The van der Waals surface area contributed by atoms with Crippen molar-refractivity contribution < 1.29 is 26.7 Å². The number of hydrogen-bond donors (Lipinski definition) is 4. The molecule has 2 aliphatic heterocycles. The summed E-state index contributed by atoms with van der Waals surface area (Å²) in [6.45, 7) is 1.21. The lowest BCUT2D eigenvalue weighted by Gasteiger charge is -2.26. The minimum atomic E-state index is -4.19. The van der Waals surface area contributed by atoms with E-state index < -0.39 is 32.5 Å². The van der Waals surface area contributed by atoms with Gasteiger partial charge in [-0.3, -0.25) is 9.89 Å². The van der Waals surface area contributed by atoms with E-state index in [1.165, 1.54) is 0 Å². The van der Waals surface area contributed by atoms with Crippen molar-refractivity contribution >= 4 is 33.1 Å². The molecular weight excluding hydrogens is 506 g/mol. The van der Waals surface area contributed by atoms with Gasteiger partial charge in [0.2, 0.25) is 10.0 Å². The number of ether oxygens (including phenoxy) is 1. The second kappa shape index (κ2) is 10.1. The lowest BCUT2D eigenvalue weighted by molar-refractivity contribution is 0.0904. The Bertz CT molecular complexity index is 1420. The van der Waals surface area contributed by atoms with Gasteiger partial charge in [0.15, 0.2) is 5.82 Å². The first-order chi connectivity index (χ1) is 17.7. The maximum absolute atomic E-state index is 13.7. The monoisotopic (exact) mass is 532 g/mol. The lowest BCUT2D eigenvalue weighted by Crippen LogP contribution is -2.36. The Kier molecular flexibility index (Phi) is 6.84. The molecule has 37 heavy (non-hydrogen) atoms. The van der Waals surface area contributed by atoms with Gasteiger partial charge in [0, 0.05) is 67.5 Å². The molecule has 196 valence electrons. The Hall–Kier alpha value is -3.55. The number of nitrogens with zero attached hydrogens (tertiary/aromatic N) is 2. The summed E-state index contributed by atoms with van der Waals surface area (Å²) in [5, 5.41) is 13.2. The van der Waals surface area contributed by atoms with Crippen molar-refractivity contribution in [1.82, 2.24) is 14.5 Å². The van der Waals surface area contributed by atoms with Gasteiger partial charge in [-0.15, -0.1) is 0 Å². The number of H-pyrrole nitrogens is 1. The molecule has 0 radical (unpaired) electrons. The first-order valence-corrected chi connectivity index (χ1v) is 13.2. The number of carbonyl (C=O) groups is 1. The van der Waals surface area contributed by atoms with Crippen LogP contribution in [0.1, 0.15) is 34.5 Å². The van der Waals surface area contributed by atoms with Crippen LogP contribution in [0.4, 0.5) is 26.0 Å². The maximum atomic E-state index is 13.7. The van der Waals surface area contributed by atoms with Gasteiger partial charge in [0.25, 0.3) is 5.91 Å². The zero-order valence-electron chi connectivity index (χ0n) is 19.8. The summed E-state index contributed by atoms with van der Waals surface area (Å²) >= 11 is 0. The van der Waals surface area contributed by atoms with Crippen molar-refractivity contribution in [2.24, 2.45) is 0 Å². The van der Waals surface area contributed by atoms with E-state index in [1.807, 2.05) is 0 Å². The quantitative estimate of drug-likeness (QED) is 0.358.